The predicted octanol–water partition coefficient (Wildman–Crippen LogP) is 3.98. The molecule has 5 nitrogen and oxygen atoms in total. The number of aromatic amines is 1. The molecule has 0 aliphatic rings. The molecule has 3 N–H and O–H groups in total. The van der Waals surface area contributed by atoms with E-state index in [-0.39, 0.29) is 0 Å². The van der Waals surface area contributed by atoms with Gasteiger partial charge in [0.1, 0.15) is 0 Å². The van der Waals surface area contributed by atoms with E-state index in [1.807, 2.05) is 30.5 Å². The van der Waals surface area contributed by atoms with Gasteiger partial charge >= 0.3 is 6.03 Å². The van der Waals surface area contributed by atoms with Gasteiger partial charge in [-0.1, -0.05) is 29.8 Å². The van der Waals surface area contributed by atoms with Gasteiger partial charge in [-0.3, -0.25) is 0 Å². The summed E-state index contributed by atoms with van der Waals surface area (Å²) in [5.74, 6) is 0. The topological polar surface area (TPSA) is 69.3 Å². The lowest BCUT2D eigenvalue weighted by molar-refractivity contribution is 0.252. The molecule has 0 aliphatic heterocycles. The van der Waals surface area contributed by atoms with Crippen LogP contribution in [0.3, 0.4) is 0 Å². The molecule has 0 fully saturated rings. The minimum absolute atomic E-state index is 0.418. The van der Waals surface area contributed by atoms with E-state index in [1.54, 1.807) is 30.5 Å². The number of H-pyrrole nitrogens is 1. The van der Waals surface area contributed by atoms with Gasteiger partial charge in [0, 0.05) is 33.4 Å². The second-order valence-electron chi connectivity index (χ2n) is 4.62. The Morgan fingerprint density at radius 3 is 2.73 bits per heavy atom. The molecule has 22 heavy (non-hydrogen) atoms. The number of benzene rings is 2. The Morgan fingerprint density at radius 2 is 1.91 bits per heavy atom. The van der Waals surface area contributed by atoms with Gasteiger partial charge in [-0.2, -0.15) is 5.10 Å². The molecule has 0 unspecified atom stereocenters. The van der Waals surface area contributed by atoms with Crippen LogP contribution in [0.1, 0.15) is 5.56 Å². The summed E-state index contributed by atoms with van der Waals surface area (Å²) in [6.07, 6.45) is 3.44. The number of urea groups is 1. The van der Waals surface area contributed by atoms with Crippen LogP contribution >= 0.6 is 11.6 Å². The van der Waals surface area contributed by atoms with E-state index in [0.29, 0.717) is 10.7 Å². The fourth-order valence-corrected chi connectivity index (χ4v) is 2.18. The first-order chi connectivity index (χ1) is 10.7. The van der Waals surface area contributed by atoms with Crippen molar-refractivity contribution in [1.82, 2.24) is 10.4 Å². The van der Waals surface area contributed by atoms with Crippen molar-refractivity contribution < 1.29 is 4.79 Å². The van der Waals surface area contributed by atoms with Crippen molar-refractivity contribution in [2.24, 2.45) is 5.10 Å². The Bertz CT molecular complexity index is 824. The monoisotopic (exact) mass is 312 g/mol. The van der Waals surface area contributed by atoms with E-state index in [4.69, 9.17) is 11.6 Å². The van der Waals surface area contributed by atoms with Crippen LogP contribution in [0, 0.1) is 0 Å². The predicted molar refractivity (Wildman–Crippen MR) is 89.5 cm³/mol. The van der Waals surface area contributed by atoms with Gasteiger partial charge in [0.25, 0.3) is 0 Å². The molecule has 2 aromatic carbocycles. The summed E-state index contributed by atoms with van der Waals surface area (Å²) in [6.45, 7) is 0. The summed E-state index contributed by atoms with van der Waals surface area (Å²) in [5, 5.41) is 8.26. The van der Waals surface area contributed by atoms with Crippen molar-refractivity contribution in [2.75, 3.05) is 5.32 Å². The van der Waals surface area contributed by atoms with Gasteiger partial charge < -0.3 is 10.3 Å². The van der Waals surface area contributed by atoms with Gasteiger partial charge in [-0.25, -0.2) is 10.2 Å². The molecule has 3 rings (SSSR count). The molecule has 0 radical (unpaired) electrons. The highest BCUT2D eigenvalue weighted by Crippen LogP contribution is 2.15. The van der Waals surface area contributed by atoms with Crippen LogP contribution in [-0.2, 0) is 0 Å². The number of carbonyl (C=O) groups excluding carboxylic acids is 1. The molecule has 110 valence electrons. The van der Waals surface area contributed by atoms with Crippen LogP contribution < -0.4 is 10.7 Å². The maximum Gasteiger partial charge on any atom is 0.339 e. The fraction of sp³-hybridized carbons (Fsp3) is 0. The van der Waals surface area contributed by atoms with Crippen LogP contribution in [0.2, 0.25) is 5.02 Å². The normalized spacial score (nSPS) is 11.0. The number of hydrazone groups is 1. The first-order valence-corrected chi connectivity index (χ1v) is 7.02. The smallest absolute Gasteiger partial charge is 0.339 e. The van der Waals surface area contributed by atoms with E-state index >= 15 is 0 Å². The number of nitrogens with one attached hydrogen (secondary N) is 3. The summed E-state index contributed by atoms with van der Waals surface area (Å²) in [4.78, 5) is 14.9. The average molecular weight is 313 g/mol. The Hall–Kier alpha value is -2.79. The third-order valence-corrected chi connectivity index (χ3v) is 3.35. The van der Waals surface area contributed by atoms with Crippen LogP contribution in [0.5, 0.6) is 0 Å². The summed E-state index contributed by atoms with van der Waals surface area (Å²) < 4.78 is 0. The number of anilines is 1. The molecule has 6 heteroatoms. The minimum Gasteiger partial charge on any atom is -0.361 e. The third-order valence-electron chi connectivity index (χ3n) is 3.09. The molecule has 3 aromatic rings. The number of amides is 2. The molecule has 0 aliphatic carbocycles. The van der Waals surface area contributed by atoms with Crippen molar-refractivity contribution in [3.8, 4) is 0 Å². The van der Waals surface area contributed by atoms with Crippen LogP contribution in [-0.4, -0.2) is 17.2 Å². The molecule has 0 spiro atoms. The number of fused-ring (bicyclic) bond motifs is 1. The highest BCUT2D eigenvalue weighted by molar-refractivity contribution is 6.30. The van der Waals surface area contributed by atoms with Crippen molar-refractivity contribution in [3.05, 3.63) is 65.3 Å². The second-order valence-corrected chi connectivity index (χ2v) is 5.06. The summed E-state index contributed by atoms with van der Waals surface area (Å²) in [7, 11) is 0. The van der Waals surface area contributed by atoms with Crippen molar-refractivity contribution in [1.29, 1.82) is 0 Å². The van der Waals surface area contributed by atoms with Gasteiger partial charge in [0.15, 0.2) is 0 Å². The SMILES string of the molecule is O=C(N/N=C/c1c[nH]c2ccccc12)Nc1ccc(Cl)cc1. The van der Waals surface area contributed by atoms with Crippen LogP contribution in [0.25, 0.3) is 10.9 Å². The van der Waals surface area contributed by atoms with E-state index < -0.39 is 6.03 Å². The molecule has 1 heterocycles. The minimum atomic E-state index is -0.418. The van der Waals surface area contributed by atoms with Crippen LogP contribution in [0.15, 0.2) is 59.8 Å². The number of rotatable bonds is 3. The first-order valence-electron chi connectivity index (χ1n) is 6.64. The lowest BCUT2D eigenvalue weighted by Crippen LogP contribution is -2.24. The molecule has 2 amide bonds. The summed E-state index contributed by atoms with van der Waals surface area (Å²) >= 11 is 5.78. The standard InChI is InChI=1S/C16H13ClN4O/c17-12-5-7-13(8-6-12)20-16(22)21-19-10-11-9-18-15-4-2-1-3-14(11)15/h1-10,18H,(H2,20,21,22)/b19-10+. The molecular weight excluding hydrogens is 300 g/mol. The van der Waals surface area contributed by atoms with Gasteiger partial charge in [0.2, 0.25) is 0 Å². The Labute approximate surface area is 132 Å². The van der Waals surface area contributed by atoms with Crippen LogP contribution in [0.4, 0.5) is 10.5 Å². The lowest BCUT2D eigenvalue weighted by Gasteiger charge is -2.03. The maximum absolute atomic E-state index is 11.7. The third kappa shape index (κ3) is 3.27. The van der Waals surface area contributed by atoms with Gasteiger partial charge in [-0.05, 0) is 30.3 Å². The zero-order valence-corrected chi connectivity index (χ0v) is 12.3. The number of halogens is 1. The zero-order chi connectivity index (χ0) is 15.4. The maximum atomic E-state index is 11.7. The summed E-state index contributed by atoms with van der Waals surface area (Å²) in [6, 6.07) is 14.3. The Balaban J connectivity index is 1.62. The number of carbonyl (C=O) groups is 1. The highest BCUT2D eigenvalue weighted by Gasteiger charge is 2.01. The molecule has 0 atom stereocenters. The molecule has 0 saturated heterocycles. The largest absolute Gasteiger partial charge is 0.361 e. The summed E-state index contributed by atoms with van der Waals surface area (Å²) in [5.41, 5.74) is 4.99. The van der Waals surface area contributed by atoms with E-state index in [9.17, 15) is 4.79 Å². The number of hydrogen-bond acceptors (Lipinski definition) is 2. The molecule has 0 bridgehead atoms. The average Bonchev–Trinajstić information content (AvgIpc) is 2.93. The van der Waals surface area contributed by atoms with E-state index in [1.165, 1.54) is 0 Å². The van der Waals surface area contributed by atoms with E-state index in [2.05, 4.69) is 20.8 Å². The molecule has 1 aromatic heterocycles. The van der Waals surface area contributed by atoms with Crippen molar-refractivity contribution in [2.45, 2.75) is 0 Å². The molecular formula is C16H13ClN4O. The van der Waals surface area contributed by atoms with Gasteiger partial charge in [0.05, 0.1) is 6.21 Å². The zero-order valence-electron chi connectivity index (χ0n) is 11.5. The number of aromatic nitrogens is 1. The Kier molecular flexibility index (Phi) is 4.07. The molecule has 0 saturated carbocycles. The first kappa shape index (κ1) is 14.2. The van der Waals surface area contributed by atoms with Gasteiger partial charge in [-0.15, -0.1) is 0 Å². The van der Waals surface area contributed by atoms with Crippen molar-refractivity contribution in [3.63, 3.8) is 0 Å². The number of nitrogens with zero attached hydrogens (tertiary/aromatic N) is 1. The number of para-hydroxylation sites is 1. The van der Waals surface area contributed by atoms with E-state index in [0.717, 1.165) is 16.5 Å². The Morgan fingerprint density at radius 1 is 1.14 bits per heavy atom. The second kappa shape index (κ2) is 6.32. The number of hydrogen-bond donors (Lipinski definition) is 3. The quantitative estimate of drug-likeness (QED) is 0.497. The van der Waals surface area contributed by atoms with Crippen molar-refractivity contribution >= 4 is 40.4 Å². The lowest BCUT2D eigenvalue weighted by atomic mass is 10.2. The highest BCUT2D eigenvalue weighted by atomic mass is 35.5. The fourth-order valence-electron chi connectivity index (χ4n) is 2.05.